The van der Waals surface area contributed by atoms with E-state index in [1.165, 1.54) is 16.9 Å². The SMILES string of the molecule is Cc1ccc(-n2nc3ccc(NC(=O)c4sc5cc(Cl)ccc5c4Cl)cc3n2)cc1. The van der Waals surface area contributed by atoms with E-state index in [0.29, 0.717) is 26.1 Å². The van der Waals surface area contributed by atoms with Crippen LogP contribution in [0.15, 0.2) is 60.7 Å². The maximum atomic E-state index is 12.8. The molecule has 0 aliphatic heterocycles. The fraction of sp³-hybridized carbons (Fsp3) is 0.0455. The van der Waals surface area contributed by atoms with Gasteiger partial charge in [0, 0.05) is 20.8 Å². The highest BCUT2D eigenvalue weighted by Crippen LogP contribution is 2.37. The van der Waals surface area contributed by atoms with Crippen LogP contribution in [-0.4, -0.2) is 20.9 Å². The number of anilines is 1. The summed E-state index contributed by atoms with van der Waals surface area (Å²) >= 11 is 13.8. The Labute approximate surface area is 185 Å². The first-order valence-corrected chi connectivity index (χ1v) is 10.7. The van der Waals surface area contributed by atoms with Crippen LogP contribution in [0.3, 0.4) is 0 Å². The molecule has 0 saturated carbocycles. The molecule has 3 aromatic carbocycles. The van der Waals surface area contributed by atoms with E-state index in [9.17, 15) is 4.79 Å². The Morgan fingerprint density at radius 3 is 2.53 bits per heavy atom. The molecule has 5 nitrogen and oxygen atoms in total. The third-order valence-corrected chi connectivity index (χ3v) is 6.59. The predicted octanol–water partition coefficient (Wildman–Crippen LogP) is 6.50. The number of nitrogens with zero attached hydrogens (tertiary/aromatic N) is 3. The number of amides is 1. The zero-order valence-corrected chi connectivity index (χ0v) is 18.0. The smallest absolute Gasteiger partial charge is 0.267 e. The molecule has 5 rings (SSSR count). The summed E-state index contributed by atoms with van der Waals surface area (Å²) < 4.78 is 0.870. The number of carbonyl (C=O) groups excluding carboxylic acids is 1. The molecule has 0 aliphatic carbocycles. The number of hydrogen-bond acceptors (Lipinski definition) is 4. The average molecular weight is 453 g/mol. The Bertz CT molecular complexity index is 1420. The van der Waals surface area contributed by atoms with E-state index >= 15 is 0 Å². The van der Waals surface area contributed by atoms with Crippen LogP contribution in [0, 0.1) is 6.92 Å². The second kappa shape index (κ2) is 7.40. The third kappa shape index (κ3) is 3.43. The van der Waals surface area contributed by atoms with Crippen molar-refractivity contribution < 1.29 is 4.79 Å². The Balaban J connectivity index is 1.44. The first-order valence-electron chi connectivity index (χ1n) is 9.11. The molecule has 1 N–H and O–H groups in total. The topological polar surface area (TPSA) is 59.8 Å². The van der Waals surface area contributed by atoms with E-state index in [1.807, 2.05) is 43.3 Å². The summed E-state index contributed by atoms with van der Waals surface area (Å²) in [7, 11) is 0. The zero-order chi connectivity index (χ0) is 20.8. The number of aromatic nitrogens is 3. The van der Waals surface area contributed by atoms with Gasteiger partial charge in [0.25, 0.3) is 5.91 Å². The van der Waals surface area contributed by atoms with Gasteiger partial charge in [-0.25, -0.2) is 0 Å². The van der Waals surface area contributed by atoms with Gasteiger partial charge in [-0.05, 0) is 49.4 Å². The number of nitrogens with one attached hydrogen (secondary N) is 1. The highest BCUT2D eigenvalue weighted by molar-refractivity contribution is 7.21. The average Bonchev–Trinajstić information content (AvgIpc) is 3.29. The van der Waals surface area contributed by atoms with Gasteiger partial charge in [0.05, 0.1) is 10.7 Å². The third-order valence-electron chi connectivity index (χ3n) is 4.70. The van der Waals surface area contributed by atoms with E-state index in [-0.39, 0.29) is 5.91 Å². The van der Waals surface area contributed by atoms with Gasteiger partial charge in [-0.3, -0.25) is 4.79 Å². The van der Waals surface area contributed by atoms with Gasteiger partial charge in [0.2, 0.25) is 0 Å². The standard InChI is InChI=1S/C22H14Cl2N4OS/c1-12-2-6-15(7-3-12)28-26-17-9-5-14(11-18(17)27-28)25-22(29)21-20(24)16-8-4-13(23)10-19(16)30-21/h2-11H,1H3,(H,25,29). The Morgan fingerprint density at radius 1 is 0.967 bits per heavy atom. The van der Waals surface area contributed by atoms with Gasteiger partial charge in [-0.1, -0.05) is 47.0 Å². The first kappa shape index (κ1) is 19.1. The minimum atomic E-state index is -0.275. The minimum Gasteiger partial charge on any atom is -0.321 e. The van der Waals surface area contributed by atoms with Gasteiger partial charge in [-0.2, -0.15) is 4.80 Å². The molecule has 2 aromatic heterocycles. The normalized spacial score (nSPS) is 11.3. The molecular weight excluding hydrogens is 439 g/mol. The second-order valence-electron chi connectivity index (χ2n) is 6.87. The van der Waals surface area contributed by atoms with E-state index in [0.717, 1.165) is 21.3 Å². The summed E-state index contributed by atoms with van der Waals surface area (Å²) in [5.74, 6) is -0.275. The number of aryl methyl sites for hydroxylation is 1. The lowest BCUT2D eigenvalue weighted by atomic mass is 10.2. The van der Waals surface area contributed by atoms with Crippen molar-refractivity contribution in [1.29, 1.82) is 0 Å². The van der Waals surface area contributed by atoms with Gasteiger partial charge in [-0.15, -0.1) is 21.5 Å². The van der Waals surface area contributed by atoms with Crippen LogP contribution in [0.2, 0.25) is 10.0 Å². The molecule has 0 unspecified atom stereocenters. The Hall–Kier alpha value is -2.93. The molecule has 30 heavy (non-hydrogen) atoms. The molecule has 2 heterocycles. The van der Waals surface area contributed by atoms with Crippen LogP contribution >= 0.6 is 34.5 Å². The maximum Gasteiger partial charge on any atom is 0.267 e. The molecule has 0 aliphatic rings. The molecular formula is C22H14Cl2N4OS. The lowest BCUT2D eigenvalue weighted by Gasteiger charge is -2.03. The molecule has 5 aromatic rings. The van der Waals surface area contributed by atoms with Gasteiger partial charge in [0.1, 0.15) is 15.9 Å². The van der Waals surface area contributed by atoms with E-state index in [2.05, 4.69) is 15.5 Å². The minimum absolute atomic E-state index is 0.275. The molecule has 0 atom stereocenters. The van der Waals surface area contributed by atoms with Crippen LogP contribution in [0.4, 0.5) is 5.69 Å². The van der Waals surface area contributed by atoms with Crippen molar-refractivity contribution in [3.8, 4) is 5.69 Å². The van der Waals surface area contributed by atoms with Gasteiger partial charge in [0.15, 0.2) is 0 Å². The molecule has 1 amide bonds. The molecule has 0 saturated heterocycles. The van der Waals surface area contributed by atoms with Crippen molar-refractivity contribution in [2.24, 2.45) is 0 Å². The lowest BCUT2D eigenvalue weighted by molar-refractivity contribution is 0.103. The fourth-order valence-electron chi connectivity index (χ4n) is 3.16. The number of carbonyl (C=O) groups is 1. The summed E-state index contributed by atoms with van der Waals surface area (Å²) in [6.45, 7) is 2.03. The number of halogens is 2. The largest absolute Gasteiger partial charge is 0.321 e. The zero-order valence-electron chi connectivity index (χ0n) is 15.7. The first-order chi connectivity index (χ1) is 14.5. The van der Waals surface area contributed by atoms with Crippen molar-refractivity contribution in [2.75, 3.05) is 5.32 Å². The monoisotopic (exact) mass is 452 g/mol. The molecule has 8 heteroatoms. The predicted molar refractivity (Wildman–Crippen MR) is 123 cm³/mol. The van der Waals surface area contributed by atoms with E-state index < -0.39 is 0 Å². The number of hydrogen-bond donors (Lipinski definition) is 1. The van der Waals surface area contributed by atoms with Crippen molar-refractivity contribution >= 4 is 67.3 Å². The second-order valence-corrected chi connectivity index (χ2v) is 8.73. The van der Waals surface area contributed by atoms with Crippen LogP contribution in [-0.2, 0) is 0 Å². The summed E-state index contributed by atoms with van der Waals surface area (Å²) in [5, 5.41) is 13.8. The highest BCUT2D eigenvalue weighted by atomic mass is 35.5. The maximum absolute atomic E-state index is 12.8. The summed E-state index contributed by atoms with van der Waals surface area (Å²) in [5.41, 5.74) is 4.08. The van der Waals surface area contributed by atoms with Crippen molar-refractivity contribution in [1.82, 2.24) is 15.0 Å². The summed E-state index contributed by atoms with van der Waals surface area (Å²) in [6, 6.07) is 18.8. The van der Waals surface area contributed by atoms with Crippen molar-refractivity contribution in [3.63, 3.8) is 0 Å². The van der Waals surface area contributed by atoms with Crippen LogP contribution in [0.1, 0.15) is 15.2 Å². The molecule has 0 bridgehead atoms. The molecule has 0 radical (unpaired) electrons. The molecule has 148 valence electrons. The van der Waals surface area contributed by atoms with Crippen LogP contribution in [0.25, 0.3) is 26.8 Å². The van der Waals surface area contributed by atoms with Gasteiger partial charge >= 0.3 is 0 Å². The quantitative estimate of drug-likeness (QED) is 0.339. The number of thiophene rings is 1. The highest BCUT2D eigenvalue weighted by Gasteiger charge is 2.18. The molecule has 0 fully saturated rings. The van der Waals surface area contributed by atoms with Gasteiger partial charge < -0.3 is 5.32 Å². The van der Waals surface area contributed by atoms with Crippen LogP contribution < -0.4 is 5.32 Å². The Morgan fingerprint density at radius 2 is 1.73 bits per heavy atom. The van der Waals surface area contributed by atoms with E-state index in [4.69, 9.17) is 23.2 Å². The number of fused-ring (bicyclic) bond motifs is 2. The summed E-state index contributed by atoms with van der Waals surface area (Å²) in [4.78, 5) is 14.9. The fourth-order valence-corrected chi connectivity index (χ4v) is 4.85. The number of rotatable bonds is 3. The Kier molecular flexibility index (Phi) is 4.70. The lowest BCUT2D eigenvalue weighted by Crippen LogP contribution is -2.10. The van der Waals surface area contributed by atoms with Crippen molar-refractivity contribution in [2.45, 2.75) is 6.92 Å². The number of benzene rings is 3. The van der Waals surface area contributed by atoms with E-state index in [1.54, 1.807) is 29.1 Å². The van der Waals surface area contributed by atoms with Crippen molar-refractivity contribution in [3.05, 3.63) is 81.1 Å². The summed E-state index contributed by atoms with van der Waals surface area (Å²) in [6.07, 6.45) is 0. The van der Waals surface area contributed by atoms with Crippen LogP contribution in [0.5, 0.6) is 0 Å². The molecule has 0 spiro atoms.